The quantitative estimate of drug-likeness (QED) is 0.754. The maximum atomic E-state index is 13.1. The van der Waals surface area contributed by atoms with Crippen LogP contribution in [0, 0.1) is 11.7 Å². The van der Waals surface area contributed by atoms with Gasteiger partial charge in [-0.2, -0.15) is 0 Å². The molecule has 1 nitrogen and oxygen atoms in total. The molecule has 0 radical (unpaired) electrons. The van der Waals surface area contributed by atoms with Gasteiger partial charge < -0.3 is 5.32 Å². The molecule has 92 valence electrons. The fourth-order valence-electron chi connectivity index (χ4n) is 1.31. The van der Waals surface area contributed by atoms with Crippen molar-refractivity contribution in [3.05, 3.63) is 35.6 Å². The second kappa shape index (κ2) is 9.34. The summed E-state index contributed by atoms with van der Waals surface area (Å²) in [5.41, 5.74) is 0.795. The summed E-state index contributed by atoms with van der Waals surface area (Å²) in [7, 11) is 0. The molecule has 0 fully saturated rings. The average Bonchev–Trinajstić information content (AvgIpc) is 2.29. The third kappa shape index (κ3) is 6.57. The summed E-state index contributed by atoms with van der Waals surface area (Å²) in [6.45, 7) is 10.2. The minimum absolute atomic E-state index is 0.0983. The summed E-state index contributed by atoms with van der Waals surface area (Å²) < 4.78 is 13.1. The molecule has 0 aliphatic heterocycles. The molecule has 0 aromatic heterocycles. The Labute approximate surface area is 99.1 Å². The molecule has 0 amide bonds. The van der Waals surface area contributed by atoms with E-state index in [9.17, 15) is 4.39 Å². The zero-order valence-electron chi connectivity index (χ0n) is 10.9. The summed E-state index contributed by atoms with van der Waals surface area (Å²) >= 11 is 0. The Hall–Kier alpha value is -0.890. The van der Waals surface area contributed by atoms with Gasteiger partial charge in [-0.15, -0.1) is 0 Å². The SMILES string of the molecule is CC.CC(C)CNCCc1ccccc1F. The third-order valence-corrected chi connectivity index (χ3v) is 2.08. The first-order valence-electron chi connectivity index (χ1n) is 6.14. The lowest BCUT2D eigenvalue weighted by Gasteiger charge is -2.07. The molecule has 16 heavy (non-hydrogen) atoms. The van der Waals surface area contributed by atoms with Gasteiger partial charge in [0.25, 0.3) is 0 Å². The van der Waals surface area contributed by atoms with Gasteiger partial charge in [0, 0.05) is 0 Å². The Bertz CT molecular complexity index is 271. The molecule has 1 N–H and O–H groups in total. The fraction of sp³-hybridized carbons (Fsp3) is 0.571. The number of benzene rings is 1. The molecule has 0 saturated heterocycles. The zero-order valence-corrected chi connectivity index (χ0v) is 10.9. The molecular weight excluding hydrogens is 201 g/mol. The fourth-order valence-corrected chi connectivity index (χ4v) is 1.31. The van der Waals surface area contributed by atoms with Crippen molar-refractivity contribution in [1.29, 1.82) is 0 Å². The number of hydrogen-bond donors (Lipinski definition) is 1. The van der Waals surface area contributed by atoms with Gasteiger partial charge in [-0.1, -0.05) is 45.9 Å². The van der Waals surface area contributed by atoms with Crippen LogP contribution in [-0.4, -0.2) is 13.1 Å². The lowest BCUT2D eigenvalue weighted by Crippen LogP contribution is -2.22. The molecule has 0 spiro atoms. The van der Waals surface area contributed by atoms with Crippen molar-refractivity contribution < 1.29 is 4.39 Å². The van der Waals surface area contributed by atoms with Gasteiger partial charge in [-0.3, -0.25) is 0 Å². The van der Waals surface area contributed by atoms with E-state index < -0.39 is 0 Å². The van der Waals surface area contributed by atoms with Gasteiger partial charge in [-0.05, 0) is 37.1 Å². The van der Waals surface area contributed by atoms with Crippen molar-refractivity contribution in [3.8, 4) is 0 Å². The van der Waals surface area contributed by atoms with Crippen molar-refractivity contribution >= 4 is 0 Å². The van der Waals surface area contributed by atoms with E-state index >= 15 is 0 Å². The first kappa shape index (κ1) is 15.1. The van der Waals surface area contributed by atoms with Crippen LogP contribution in [0.15, 0.2) is 24.3 Å². The summed E-state index contributed by atoms with van der Waals surface area (Å²) in [5.74, 6) is 0.550. The molecule has 0 heterocycles. The number of hydrogen-bond acceptors (Lipinski definition) is 1. The van der Waals surface area contributed by atoms with Crippen LogP contribution in [0.4, 0.5) is 4.39 Å². The highest BCUT2D eigenvalue weighted by Gasteiger charge is 1.99. The molecule has 1 aromatic rings. The predicted molar refractivity (Wildman–Crippen MR) is 69.2 cm³/mol. The Morgan fingerprint density at radius 3 is 2.38 bits per heavy atom. The van der Waals surface area contributed by atoms with Crippen LogP contribution in [0.5, 0.6) is 0 Å². The van der Waals surface area contributed by atoms with E-state index in [0.29, 0.717) is 5.92 Å². The van der Waals surface area contributed by atoms with Crippen LogP contribution in [0.2, 0.25) is 0 Å². The van der Waals surface area contributed by atoms with E-state index in [1.807, 2.05) is 26.0 Å². The highest BCUT2D eigenvalue weighted by molar-refractivity contribution is 5.17. The molecule has 0 aliphatic rings. The summed E-state index contributed by atoms with van der Waals surface area (Å²) in [6.07, 6.45) is 0.763. The molecule has 0 atom stereocenters. The lowest BCUT2D eigenvalue weighted by molar-refractivity contribution is 0.546. The maximum absolute atomic E-state index is 13.1. The highest BCUT2D eigenvalue weighted by atomic mass is 19.1. The third-order valence-electron chi connectivity index (χ3n) is 2.08. The predicted octanol–water partition coefficient (Wildman–Crippen LogP) is 3.64. The van der Waals surface area contributed by atoms with Crippen molar-refractivity contribution in [2.45, 2.75) is 34.1 Å². The second-order valence-corrected chi connectivity index (χ2v) is 3.94. The van der Waals surface area contributed by atoms with Gasteiger partial charge in [0.05, 0.1) is 0 Å². The van der Waals surface area contributed by atoms with Gasteiger partial charge in [0.1, 0.15) is 5.82 Å². The number of nitrogens with one attached hydrogen (secondary N) is 1. The van der Waals surface area contributed by atoms with Gasteiger partial charge in [0.2, 0.25) is 0 Å². The van der Waals surface area contributed by atoms with E-state index in [4.69, 9.17) is 0 Å². The van der Waals surface area contributed by atoms with Crippen LogP contribution in [0.3, 0.4) is 0 Å². The van der Waals surface area contributed by atoms with Crippen LogP contribution in [-0.2, 0) is 6.42 Å². The largest absolute Gasteiger partial charge is 0.316 e. The topological polar surface area (TPSA) is 12.0 Å². The maximum Gasteiger partial charge on any atom is 0.126 e. The van der Waals surface area contributed by atoms with E-state index in [1.165, 1.54) is 6.07 Å². The molecule has 2 heteroatoms. The monoisotopic (exact) mass is 225 g/mol. The number of rotatable bonds is 5. The summed E-state index contributed by atoms with van der Waals surface area (Å²) in [5, 5.41) is 3.29. The van der Waals surface area contributed by atoms with E-state index in [-0.39, 0.29) is 5.82 Å². The Morgan fingerprint density at radius 2 is 1.81 bits per heavy atom. The lowest BCUT2D eigenvalue weighted by atomic mass is 10.1. The first-order chi connectivity index (χ1) is 7.70. The van der Waals surface area contributed by atoms with E-state index in [2.05, 4.69) is 19.2 Å². The van der Waals surface area contributed by atoms with Crippen LogP contribution < -0.4 is 5.32 Å². The van der Waals surface area contributed by atoms with Crippen molar-refractivity contribution in [2.75, 3.05) is 13.1 Å². The number of halogens is 1. The average molecular weight is 225 g/mol. The second-order valence-electron chi connectivity index (χ2n) is 3.94. The Balaban J connectivity index is 0.00000106. The van der Waals surface area contributed by atoms with Gasteiger partial charge in [0.15, 0.2) is 0 Å². The Morgan fingerprint density at radius 1 is 1.19 bits per heavy atom. The first-order valence-corrected chi connectivity index (χ1v) is 6.14. The van der Waals surface area contributed by atoms with E-state index in [1.54, 1.807) is 6.07 Å². The van der Waals surface area contributed by atoms with Crippen LogP contribution in [0.25, 0.3) is 0 Å². The van der Waals surface area contributed by atoms with Crippen LogP contribution >= 0.6 is 0 Å². The van der Waals surface area contributed by atoms with Crippen molar-refractivity contribution in [2.24, 2.45) is 5.92 Å². The Kier molecular flexibility index (Phi) is 8.82. The highest BCUT2D eigenvalue weighted by Crippen LogP contribution is 2.06. The molecule has 0 saturated carbocycles. The minimum atomic E-state index is -0.0983. The van der Waals surface area contributed by atoms with Crippen molar-refractivity contribution in [1.82, 2.24) is 5.32 Å². The zero-order chi connectivity index (χ0) is 12.4. The molecule has 1 aromatic carbocycles. The van der Waals surface area contributed by atoms with Crippen molar-refractivity contribution in [3.63, 3.8) is 0 Å². The standard InChI is InChI=1S/C12H18FN.C2H6/c1-10(2)9-14-8-7-11-5-3-4-6-12(11)13;1-2/h3-6,10,14H,7-9H2,1-2H3;1-2H3. The smallest absolute Gasteiger partial charge is 0.126 e. The van der Waals surface area contributed by atoms with Crippen LogP contribution in [0.1, 0.15) is 33.3 Å². The molecule has 0 unspecified atom stereocenters. The van der Waals surface area contributed by atoms with E-state index in [0.717, 1.165) is 25.1 Å². The normalized spacial score (nSPS) is 9.88. The molecule has 1 rings (SSSR count). The summed E-state index contributed by atoms with van der Waals surface area (Å²) in [4.78, 5) is 0. The molecule has 0 bridgehead atoms. The van der Waals surface area contributed by atoms with Gasteiger partial charge in [-0.25, -0.2) is 4.39 Å². The molecule has 0 aliphatic carbocycles. The van der Waals surface area contributed by atoms with Gasteiger partial charge >= 0.3 is 0 Å². The summed E-state index contributed by atoms with van der Waals surface area (Å²) in [6, 6.07) is 6.95. The minimum Gasteiger partial charge on any atom is -0.316 e. The molecular formula is C14H24FN.